The average molecular weight is 265 g/mol. The van der Waals surface area contributed by atoms with E-state index < -0.39 is 0 Å². The Morgan fingerprint density at radius 1 is 1.39 bits per heavy atom. The maximum Gasteiger partial charge on any atom is 0.231 e. The Balaban J connectivity index is 1.88. The summed E-state index contributed by atoms with van der Waals surface area (Å²) >= 11 is 6.17. The summed E-state index contributed by atoms with van der Waals surface area (Å²) in [6.45, 7) is 0.737. The van der Waals surface area contributed by atoms with Crippen LogP contribution in [0.3, 0.4) is 0 Å². The number of hydrogen-bond acceptors (Lipinski definition) is 2. The van der Waals surface area contributed by atoms with Gasteiger partial charge < -0.3 is 10.6 Å². The van der Waals surface area contributed by atoms with Gasteiger partial charge >= 0.3 is 0 Å². The molecule has 1 aliphatic heterocycles. The summed E-state index contributed by atoms with van der Waals surface area (Å²) in [5.74, 6) is 0.177. The lowest BCUT2D eigenvalue weighted by molar-refractivity contribution is -0.122. The third-order valence-electron chi connectivity index (χ3n) is 4.12. The molecule has 2 unspecified atom stereocenters. The van der Waals surface area contributed by atoms with Crippen LogP contribution < -0.4 is 10.6 Å². The average Bonchev–Trinajstić information content (AvgIpc) is 2.95. The van der Waals surface area contributed by atoms with Gasteiger partial charge in [0.05, 0.1) is 5.92 Å². The second kappa shape index (κ2) is 4.56. The van der Waals surface area contributed by atoms with Gasteiger partial charge in [-0.3, -0.25) is 4.79 Å². The minimum atomic E-state index is -0.00469. The summed E-state index contributed by atoms with van der Waals surface area (Å²) in [6, 6.07) is 5.80. The first-order chi connectivity index (χ1) is 8.68. The normalized spacial score (nSPS) is 26.4. The van der Waals surface area contributed by atoms with Gasteiger partial charge in [-0.15, -0.1) is 0 Å². The Bertz CT molecular complexity index is 489. The maximum atomic E-state index is 12.5. The van der Waals surface area contributed by atoms with Gasteiger partial charge in [0.15, 0.2) is 0 Å². The van der Waals surface area contributed by atoms with Crippen molar-refractivity contribution in [1.29, 1.82) is 0 Å². The standard InChI is InChI=1S/C14H17ClN2O/c15-11-4-2-6-13-9(11)7-8-17(13)14(18)10-3-1-5-12(10)16/h2,4,6,10,12H,1,3,5,7-8,16H2. The quantitative estimate of drug-likeness (QED) is 0.846. The molecular weight excluding hydrogens is 248 g/mol. The lowest BCUT2D eigenvalue weighted by Gasteiger charge is -2.23. The molecule has 1 saturated carbocycles. The topological polar surface area (TPSA) is 46.3 Å². The largest absolute Gasteiger partial charge is 0.327 e. The van der Waals surface area contributed by atoms with Crippen LogP contribution in [-0.2, 0) is 11.2 Å². The van der Waals surface area contributed by atoms with Crippen molar-refractivity contribution in [2.45, 2.75) is 31.7 Å². The van der Waals surface area contributed by atoms with Crippen LogP contribution in [0, 0.1) is 5.92 Å². The number of benzene rings is 1. The van der Waals surface area contributed by atoms with E-state index in [0.717, 1.165) is 48.5 Å². The molecule has 2 N–H and O–H groups in total. The van der Waals surface area contributed by atoms with Crippen molar-refractivity contribution in [3.05, 3.63) is 28.8 Å². The number of halogens is 1. The molecule has 0 spiro atoms. The van der Waals surface area contributed by atoms with Crippen molar-refractivity contribution in [2.75, 3.05) is 11.4 Å². The van der Waals surface area contributed by atoms with Gasteiger partial charge in [-0.1, -0.05) is 24.1 Å². The second-order valence-corrected chi connectivity index (χ2v) is 5.59. The van der Waals surface area contributed by atoms with Crippen molar-refractivity contribution >= 4 is 23.2 Å². The molecule has 1 fully saturated rings. The number of hydrogen-bond donors (Lipinski definition) is 1. The Labute approximate surface area is 112 Å². The van der Waals surface area contributed by atoms with Crippen LogP contribution in [0.15, 0.2) is 18.2 Å². The number of carbonyl (C=O) groups excluding carboxylic acids is 1. The fourth-order valence-electron chi connectivity index (χ4n) is 3.12. The molecule has 2 atom stereocenters. The van der Waals surface area contributed by atoms with Crippen molar-refractivity contribution < 1.29 is 4.79 Å². The Hall–Kier alpha value is -1.06. The van der Waals surface area contributed by atoms with E-state index >= 15 is 0 Å². The van der Waals surface area contributed by atoms with Gasteiger partial charge in [0, 0.05) is 23.3 Å². The van der Waals surface area contributed by atoms with E-state index in [1.807, 2.05) is 23.1 Å². The molecule has 1 aromatic carbocycles. The van der Waals surface area contributed by atoms with E-state index in [9.17, 15) is 4.79 Å². The number of anilines is 1. The number of nitrogens with two attached hydrogens (primary N) is 1. The van der Waals surface area contributed by atoms with Crippen LogP contribution in [0.2, 0.25) is 5.02 Å². The molecule has 96 valence electrons. The first kappa shape index (κ1) is 12.0. The Morgan fingerprint density at radius 2 is 2.22 bits per heavy atom. The van der Waals surface area contributed by atoms with Crippen LogP contribution >= 0.6 is 11.6 Å². The molecule has 3 rings (SSSR count). The van der Waals surface area contributed by atoms with Crippen molar-refractivity contribution in [3.63, 3.8) is 0 Å². The van der Waals surface area contributed by atoms with E-state index in [1.165, 1.54) is 0 Å². The SMILES string of the molecule is NC1CCCC1C(=O)N1CCc2c(Cl)cccc21. The van der Waals surface area contributed by atoms with Crippen LogP contribution in [-0.4, -0.2) is 18.5 Å². The molecule has 3 nitrogen and oxygen atoms in total. The number of carbonyl (C=O) groups is 1. The third-order valence-corrected chi connectivity index (χ3v) is 4.48. The highest BCUT2D eigenvalue weighted by molar-refractivity contribution is 6.32. The van der Waals surface area contributed by atoms with Crippen LogP contribution in [0.5, 0.6) is 0 Å². The van der Waals surface area contributed by atoms with Crippen LogP contribution in [0.4, 0.5) is 5.69 Å². The van der Waals surface area contributed by atoms with E-state index in [0.29, 0.717) is 0 Å². The summed E-state index contributed by atoms with van der Waals surface area (Å²) in [5.41, 5.74) is 8.10. The summed E-state index contributed by atoms with van der Waals surface area (Å²) in [5, 5.41) is 0.763. The number of amides is 1. The summed E-state index contributed by atoms with van der Waals surface area (Å²) in [4.78, 5) is 14.4. The van der Waals surface area contributed by atoms with Gasteiger partial charge in [-0.2, -0.15) is 0 Å². The lowest BCUT2D eigenvalue weighted by Crippen LogP contribution is -2.41. The van der Waals surface area contributed by atoms with Crippen molar-refractivity contribution in [3.8, 4) is 0 Å². The predicted molar refractivity (Wildman–Crippen MR) is 72.8 cm³/mol. The molecule has 4 heteroatoms. The maximum absolute atomic E-state index is 12.5. The molecule has 0 saturated heterocycles. The highest BCUT2D eigenvalue weighted by Gasteiger charge is 2.36. The lowest BCUT2D eigenvalue weighted by atomic mass is 10.0. The number of rotatable bonds is 1. The predicted octanol–water partition coefficient (Wildman–Crippen LogP) is 2.36. The Kier molecular flexibility index (Phi) is 3.04. The summed E-state index contributed by atoms with van der Waals surface area (Å²) < 4.78 is 0. The minimum Gasteiger partial charge on any atom is -0.327 e. The summed E-state index contributed by atoms with van der Waals surface area (Å²) in [6.07, 6.45) is 3.80. The first-order valence-electron chi connectivity index (χ1n) is 6.53. The van der Waals surface area contributed by atoms with Gasteiger partial charge in [0.2, 0.25) is 5.91 Å². The van der Waals surface area contributed by atoms with Crippen LogP contribution in [0.1, 0.15) is 24.8 Å². The third kappa shape index (κ3) is 1.82. The van der Waals surface area contributed by atoms with Gasteiger partial charge in [0.1, 0.15) is 0 Å². The second-order valence-electron chi connectivity index (χ2n) is 5.18. The fraction of sp³-hybridized carbons (Fsp3) is 0.500. The molecule has 1 amide bonds. The van der Waals surface area contributed by atoms with Crippen molar-refractivity contribution in [2.24, 2.45) is 11.7 Å². The van der Waals surface area contributed by atoms with E-state index in [4.69, 9.17) is 17.3 Å². The Morgan fingerprint density at radius 3 is 2.94 bits per heavy atom. The molecule has 1 heterocycles. The zero-order chi connectivity index (χ0) is 12.7. The minimum absolute atomic E-state index is 0.00469. The monoisotopic (exact) mass is 264 g/mol. The number of nitrogens with zero attached hydrogens (tertiary/aromatic N) is 1. The highest BCUT2D eigenvalue weighted by atomic mass is 35.5. The molecular formula is C14H17ClN2O. The molecule has 1 aromatic rings. The molecule has 0 radical (unpaired) electrons. The van der Waals surface area contributed by atoms with Gasteiger partial charge in [0.25, 0.3) is 0 Å². The highest BCUT2D eigenvalue weighted by Crippen LogP contribution is 2.36. The fourth-order valence-corrected chi connectivity index (χ4v) is 3.38. The van der Waals surface area contributed by atoms with Crippen molar-refractivity contribution in [1.82, 2.24) is 0 Å². The smallest absolute Gasteiger partial charge is 0.231 e. The molecule has 18 heavy (non-hydrogen) atoms. The zero-order valence-corrected chi connectivity index (χ0v) is 11.0. The van der Waals surface area contributed by atoms with E-state index in [2.05, 4.69) is 0 Å². The summed E-state index contributed by atoms with van der Waals surface area (Å²) in [7, 11) is 0. The zero-order valence-electron chi connectivity index (χ0n) is 10.2. The van der Waals surface area contributed by atoms with Gasteiger partial charge in [-0.25, -0.2) is 0 Å². The van der Waals surface area contributed by atoms with E-state index in [1.54, 1.807) is 0 Å². The molecule has 2 aliphatic rings. The van der Waals surface area contributed by atoms with Crippen LogP contribution in [0.25, 0.3) is 0 Å². The molecule has 0 bridgehead atoms. The molecule has 0 aromatic heterocycles. The molecule has 1 aliphatic carbocycles. The number of fused-ring (bicyclic) bond motifs is 1. The van der Waals surface area contributed by atoms with Gasteiger partial charge in [-0.05, 0) is 37.0 Å². The first-order valence-corrected chi connectivity index (χ1v) is 6.90. The van der Waals surface area contributed by atoms with E-state index in [-0.39, 0.29) is 17.9 Å².